The van der Waals surface area contributed by atoms with Gasteiger partial charge in [-0.25, -0.2) is 9.69 Å². The minimum atomic E-state index is -0.903. The van der Waals surface area contributed by atoms with Gasteiger partial charge in [-0.05, 0) is 12.8 Å². The summed E-state index contributed by atoms with van der Waals surface area (Å²) in [6, 6.07) is 8.30. The highest BCUT2D eigenvalue weighted by molar-refractivity contribution is 6.12. The number of benzene rings is 1. The molecule has 21 heavy (non-hydrogen) atoms. The molecule has 0 aromatic heterocycles. The Bertz CT molecular complexity index is 553. The van der Waals surface area contributed by atoms with Crippen molar-refractivity contribution in [3.05, 3.63) is 35.9 Å². The van der Waals surface area contributed by atoms with Crippen LogP contribution in [0.15, 0.2) is 30.3 Å². The van der Waals surface area contributed by atoms with E-state index in [1.807, 2.05) is 13.8 Å². The van der Waals surface area contributed by atoms with Gasteiger partial charge in [-0.3, -0.25) is 9.59 Å². The minimum Gasteiger partial charge on any atom is -0.447 e. The summed E-state index contributed by atoms with van der Waals surface area (Å²) in [5, 5.41) is 0. The van der Waals surface area contributed by atoms with Gasteiger partial charge in [0.25, 0.3) is 0 Å². The fraction of sp³-hybridized carbons (Fsp3) is 0.438. The summed E-state index contributed by atoms with van der Waals surface area (Å²) in [5.74, 6) is -1.61. The van der Waals surface area contributed by atoms with Gasteiger partial charge >= 0.3 is 6.09 Å². The molecule has 2 amide bonds. The van der Waals surface area contributed by atoms with Crippen LogP contribution in [0.5, 0.6) is 0 Å². The van der Waals surface area contributed by atoms with Crippen molar-refractivity contribution in [1.82, 2.24) is 4.90 Å². The molecule has 0 N–H and O–H groups in total. The van der Waals surface area contributed by atoms with E-state index >= 15 is 0 Å². The molecular formula is C16H19NO4. The maximum atomic E-state index is 12.5. The third kappa shape index (κ3) is 2.96. The number of hydrogen-bond acceptors (Lipinski definition) is 4. The van der Waals surface area contributed by atoms with E-state index < -0.39 is 17.9 Å². The Morgan fingerprint density at radius 2 is 1.81 bits per heavy atom. The second-order valence-corrected chi connectivity index (χ2v) is 5.55. The largest absolute Gasteiger partial charge is 0.447 e. The molecule has 1 saturated heterocycles. The quantitative estimate of drug-likeness (QED) is 0.631. The Hall–Kier alpha value is -2.17. The van der Waals surface area contributed by atoms with Gasteiger partial charge in [-0.15, -0.1) is 0 Å². The van der Waals surface area contributed by atoms with Gasteiger partial charge < -0.3 is 4.74 Å². The molecule has 1 aromatic rings. The summed E-state index contributed by atoms with van der Waals surface area (Å²) in [7, 11) is 0. The molecule has 0 bridgehead atoms. The Labute approximate surface area is 123 Å². The summed E-state index contributed by atoms with van der Waals surface area (Å²) in [6.45, 7) is 5.54. The molecule has 1 aromatic carbocycles. The summed E-state index contributed by atoms with van der Waals surface area (Å²) < 4.78 is 4.95. The maximum absolute atomic E-state index is 12.5. The topological polar surface area (TPSA) is 63.7 Å². The predicted octanol–water partition coefficient (Wildman–Crippen LogP) is 2.51. The first kappa shape index (κ1) is 15.2. The van der Waals surface area contributed by atoms with Crippen LogP contribution in [-0.4, -0.2) is 35.3 Å². The van der Waals surface area contributed by atoms with Crippen molar-refractivity contribution >= 4 is 17.8 Å². The molecule has 0 radical (unpaired) electrons. The molecule has 1 aliphatic rings. The van der Waals surface area contributed by atoms with Crippen LogP contribution in [0.4, 0.5) is 4.79 Å². The van der Waals surface area contributed by atoms with E-state index in [1.165, 1.54) is 6.92 Å². The van der Waals surface area contributed by atoms with Gasteiger partial charge in [0.15, 0.2) is 5.78 Å². The highest BCUT2D eigenvalue weighted by Crippen LogP contribution is 2.23. The van der Waals surface area contributed by atoms with Crippen LogP contribution in [0.1, 0.15) is 31.1 Å². The van der Waals surface area contributed by atoms with E-state index in [1.54, 1.807) is 30.3 Å². The molecule has 2 rings (SSSR count). The number of hydrogen-bond donors (Lipinski definition) is 0. The molecule has 0 saturated carbocycles. The van der Waals surface area contributed by atoms with Crippen molar-refractivity contribution in [2.45, 2.75) is 26.8 Å². The van der Waals surface area contributed by atoms with Crippen LogP contribution < -0.4 is 0 Å². The number of carbonyl (C=O) groups is 3. The van der Waals surface area contributed by atoms with Crippen molar-refractivity contribution in [3.63, 3.8) is 0 Å². The first-order chi connectivity index (χ1) is 9.93. The molecule has 5 heteroatoms. The fourth-order valence-electron chi connectivity index (χ4n) is 2.35. The van der Waals surface area contributed by atoms with Gasteiger partial charge in [0.05, 0.1) is 12.0 Å². The molecule has 0 aliphatic carbocycles. The molecule has 1 heterocycles. The lowest BCUT2D eigenvalue weighted by Crippen LogP contribution is -2.45. The van der Waals surface area contributed by atoms with Gasteiger partial charge in [0.1, 0.15) is 6.61 Å². The molecule has 1 fully saturated rings. The Morgan fingerprint density at radius 3 is 2.38 bits per heavy atom. The van der Waals surface area contributed by atoms with Crippen LogP contribution in [0.25, 0.3) is 0 Å². The normalized spacial score (nSPS) is 19.5. The van der Waals surface area contributed by atoms with Gasteiger partial charge in [-0.1, -0.05) is 44.2 Å². The van der Waals surface area contributed by atoms with E-state index in [0.29, 0.717) is 5.56 Å². The standard InChI is InChI=1S/C16H19NO4/c1-10(2)13-9-21-16(20)17(13)15(19)11(3)14(18)12-7-5-4-6-8-12/h4-8,10-11,13H,9H2,1-3H3. The second kappa shape index (κ2) is 6.08. The first-order valence-corrected chi connectivity index (χ1v) is 7.02. The molecule has 0 spiro atoms. The van der Waals surface area contributed by atoms with Crippen LogP contribution >= 0.6 is 0 Å². The SMILES string of the molecule is CC(C(=O)c1ccccc1)C(=O)N1C(=O)OCC1C(C)C. The van der Waals surface area contributed by atoms with Crippen molar-refractivity contribution < 1.29 is 19.1 Å². The van der Waals surface area contributed by atoms with E-state index in [0.717, 1.165) is 4.90 Å². The van der Waals surface area contributed by atoms with Crippen LogP contribution in [0.2, 0.25) is 0 Å². The average molecular weight is 289 g/mol. The van der Waals surface area contributed by atoms with Crippen molar-refractivity contribution in [2.75, 3.05) is 6.61 Å². The van der Waals surface area contributed by atoms with E-state index in [-0.39, 0.29) is 24.3 Å². The number of ether oxygens (including phenoxy) is 1. The smallest absolute Gasteiger partial charge is 0.417 e. The van der Waals surface area contributed by atoms with Gasteiger partial charge in [0, 0.05) is 5.56 Å². The highest BCUT2D eigenvalue weighted by Gasteiger charge is 2.42. The van der Waals surface area contributed by atoms with E-state index in [4.69, 9.17) is 4.74 Å². The third-order valence-electron chi connectivity index (χ3n) is 3.73. The van der Waals surface area contributed by atoms with Crippen molar-refractivity contribution in [1.29, 1.82) is 0 Å². The monoisotopic (exact) mass is 289 g/mol. The molecule has 2 unspecified atom stereocenters. The number of ketones is 1. The fourth-order valence-corrected chi connectivity index (χ4v) is 2.35. The molecule has 112 valence electrons. The highest BCUT2D eigenvalue weighted by atomic mass is 16.6. The Kier molecular flexibility index (Phi) is 4.40. The summed E-state index contributed by atoms with van der Waals surface area (Å²) in [4.78, 5) is 37.7. The van der Waals surface area contributed by atoms with Crippen LogP contribution in [0, 0.1) is 11.8 Å². The number of imide groups is 1. The number of carbonyl (C=O) groups excluding carboxylic acids is 3. The number of nitrogens with zero attached hydrogens (tertiary/aromatic N) is 1. The van der Waals surface area contributed by atoms with Crippen molar-refractivity contribution in [2.24, 2.45) is 11.8 Å². The summed E-state index contributed by atoms with van der Waals surface area (Å²) in [5.41, 5.74) is 0.465. The van der Waals surface area contributed by atoms with Gasteiger partial charge in [0.2, 0.25) is 5.91 Å². The van der Waals surface area contributed by atoms with Crippen molar-refractivity contribution in [3.8, 4) is 0 Å². The predicted molar refractivity (Wildman–Crippen MR) is 76.8 cm³/mol. The summed E-state index contributed by atoms with van der Waals surface area (Å²) in [6.07, 6.45) is -0.661. The first-order valence-electron chi connectivity index (χ1n) is 7.02. The maximum Gasteiger partial charge on any atom is 0.417 e. The molecule has 1 aliphatic heterocycles. The van der Waals surface area contributed by atoms with E-state index in [9.17, 15) is 14.4 Å². The molecule has 5 nitrogen and oxygen atoms in total. The molecular weight excluding hydrogens is 270 g/mol. The average Bonchev–Trinajstić information content (AvgIpc) is 2.87. The van der Waals surface area contributed by atoms with Gasteiger partial charge in [-0.2, -0.15) is 0 Å². The number of Topliss-reactive ketones (excluding diaryl/α,β-unsaturated/α-hetero) is 1. The van der Waals surface area contributed by atoms with E-state index in [2.05, 4.69) is 0 Å². The zero-order valence-electron chi connectivity index (χ0n) is 12.4. The third-order valence-corrected chi connectivity index (χ3v) is 3.73. The van der Waals surface area contributed by atoms with Crippen LogP contribution in [-0.2, 0) is 9.53 Å². The lowest BCUT2D eigenvalue weighted by molar-refractivity contribution is -0.132. The number of rotatable bonds is 4. The molecule has 2 atom stereocenters. The Balaban J connectivity index is 2.19. The minimum absolute atomic E-state index is 0.0828. The summed E-state index contributed by atoms with van der Waals surface area (Å²) >= 11 is 0. The zero-order valence-corrected chi connectivity index (χ0v) is 12.4. The van der Waals surface area contributed by atoms with Crippen LogP contribution in [0.3, 0.4) is 0 Å². The lowest BCUT2D eigenvalue weighted by atomic mass is 9.96. The second-order valence-electron chi connectivity index (χ2n) is 5.55. The number of amides is 2. The number of cyclic esters (lactones) is 1. The lowest BCUT2D eigenvalue weighted by Gasteiger charge is -2.24. The zero-order chi connectivity index (χ0) is 15.6. The Morgan fingerprint density at radius 1 is 1.19 bits per heavy atom.